The molecule has 26 heavy (non-hydrogen) atoms. The minimum Gasteiger partial charge on any atom is -0.550 e. The molecule has 0 amide bonds. The van der Waals surface area contributed by atoms with Crippen molar-refractivity contribution in [3.05, 3.63) is 0 Å². The van der Waals surface area contributed by atoms with Crippen molar-refractivity contribution in [2.75, 3.05) is 0 Å². The molecule has 0 heterocycles. The minimum atomic E-state index is -3.02. The zero-order chi connectivity index (χ0) is 17.9. The number of unbranched alkanes of at least 4 members (excludes halogenated alkanes) is 7. The van der Waals surface area contributed by atoms with Crippen molar-refractivity contribution in [1.82, 2.24) is 0 Å². The van der Waals surface area contributed by atoms with Gasteiger partial charge in [-0.05, 0) is 6.42 Å². The molecule has 0 aromatic heterocycles. The molecule has 0 aromatic carbocycles. The molecule has 0 aliphatic rings. The number of carboxylic acids is 3. The van der Waals surface area contributed by atoms with Crippen LogP contribution in [-0.2, 0) is 14.4 Å². The predicted molar refractivity (Wildman–Crippen MR) is 75.3 cm³/mol. The van der Waals surface area contributed by atoms with Crippen molar-refractivity contribution in [3.63, 3.8) is 0 Å². The third-order valence-electron chi connectivity index (χ3n) is 3.97. The molecule has 2 unspecified atom stereocenters. The van der Waals surface area contributed by atoms with Gasteiger partial charge in [0.15, 0.2) is 0 Å². The minimum absolute atomic E-state index is 0. The molecule has 0 rings (SSSR count). The fraction of sp³-hybridized carbons (Fsp3) is 0.812. The van der Waals surface area contributed by atoms with Gasteiger partial charge in [-0.25, -0.2) is 0 Å². The molecule has 0 radical (unpaired) electrons. The first-order valence-electron chi connectivity index (χ1n) is 8.10. The Balaban J connectivity index is -0.000000807. The Labute approximate surface area is 221 Å². The Morgan fingerprint density at radius 2 is 1.27 bits per heavy atom. The van der Waals surface area contributed by atoms with E-state index in [-0.39, 0.29) is 95.1 Å². The van der Waals surface area contributed by atoms with Gasteiger partial charge in [0, 0.05) is 24.3 Å². The van der Waals surface area contributed by atoms with Gasteiger partial charge in [-0.3, -0.25) is 0 Å². The van der Waals surface area contributed by atoms with Gasteiger partial charge in [0.1, 0.15) is 5.60 Å². The Bertz CT molecular complexity index is 407. The van der Waals surface area contributed by atoms with Crippen molar-refractivity contribution >= 4 is 17.9 Å². The first-order chi connectivity index (χ1) is 10.8. The topological polar surface area (TPSA) is 141 Å². The molecule has 0 fully saturated rings. The Hall–Kier alpha value is 1.37. The smallest absolute Gasteiger partial charge is 0.550 e. The Morgan fingerprint density at radius 1 is 0.846 bits per heavy atom. The molecule has 0 saturated heterocycles. The Kier molecular flexibility index (Phi) is 26.4. The van der Waals surface area contributed by atoms with Crippen molar-refractivity contribution in [1.29, 1.82) is 0 Å². The zero-order valence-corrected chi connectivity index (χ0v) is 22.5. The fourth-order valence-electron chi connectivity index (χ4n) is 2.59. The van der Waals surface area contributed by atoms with E-state index in [1.807, 2.05) is 0 Å². The van der Waals surface area contributed by atoms with Crippen LogP contribution in [-0.4, -0.2) is 28.6 Å². The van der Waals surface area contributed by atoms with Crippen molar-refractivity contribution in [2.45, 2.75) is 76.7 Å². The third-order valence-corrected chi connectivity index (χ3v) is 3.97. The van der Waals surface area contributed by atoms with Gasteiger partial charge in [0.25, 0.3) is 0 Å². The molecule has 2 atom stereocenters. The van der Waals surface area contributed by atoms with Gasteiger partial charge in [0.2, 0.25) is 0 Å². The van der Waals surface area contributed by atoms with E-state index < -0.39 is 35.8 Å². The van der Waals surface area contributed by atoms with Gasteiger partial charge in [-0.1, -0.05) is 58.3 Å². The molecule has 0 spiro atoms. The number of carbonyl (C=O) groups is 3. The number of hydrogen-bond acceptors (Lipinski definition) is 7. The number of carboxylic acid groups (broad SMARTS) is 3. The summed E-state index contributed by atoms with van der Waals surface area (Å²) < 4.78 is 0. The second-order valence-corrected chi connectivity index (χ2v) is 5.90. The van der Waals surface area contributed by atoms with E-state index >= 15 is 0 Å². The summed E-state index contributed by atoms with van der Waals surface area (Å²) in [6.07, 6.45) is 5.93. The summed E-state index contributed by atoms with van der Waals surface area (Å²) in [4.78, 5) is 32.7. The second kappa shape index (κ2) is 19.7. The van der Waals surface area contributed by atoms with Crippen LogP contribution in [0, 0.1) is 5.92 Å². The number of aliphatic carboxylic acids is 3. The number of rotatable bonds is 14. The first-order valence-corrected chi connectivity index (χ1v) is 8.10. The molecule has 0 saturated carbocycles. The SMILES string of the molecule is CCCCCCCCCCC(C(=O)[O-])C(O)(CC(=O)[O-])C(=O)[O-].[Na+].[Na+].[Na+]. The molecule has 1 N–H and O–H groups in total. The molecule has 0 aromatic rings. The van der Waals surface area contributed by atoms with Crippen molar-refractivity contribution in [2.24, 2.45) is 5.92 Å². The summed E-state index contributed by atoms with van der Waals surface area (Å²) in [5.74, 6) is -7.65. The quantitative estimate of drug-likeness (QED) is 0.226. The van der Waals surface area contributed by atoms with Crippen LogP contribution in [0.15, 0.2) is 0 Å². The molecular weight excluding hydrogens is 373 g/mol. The van der Waals surface area contributed by atoms with Gasteiger partial charge in [-0.2, -0.15) is 0 Å². The maximum absolute atomic E-state index is 11.1. The average molecular weight is 398 g/mol. The summed E-state index contributed by atoms with van der Waals surface area (Å²) in [6.45, 7) is 2.12. The van der Waals surface area contributed by atoms with Crippen LogP contribution in [0.4, 0.5) is 0 Å². The normalized spacial score (nSPS) is 13.2. The fourth-order valence-corrected chi connectivity index (χ4v) is 2.59. The van der Waals surface area contributed by atoms with E-state index in [0.717, 1.165) is 32.1 Å². The van der Waals surface area contributed by atoms with E-state index in [4.69, 9.17) is 0 Å². The van der Waals surface area contributed by atoms with E-state index in [2.05, 4.69) is 6.92 Å². The average Bonchev–Trinajstić information content (AvgIpc) is 2.44. The summed E-state index contributed by atoms with van der Waals surface area (Å²) in [5.41, 5.74) is -3.02. The third kappa shape index (κ3) is 14.4. The van der Waals surface area contributed by atoms with Gasteiger partial charge >= 0.3 is 88.7 Å². The standard InChI is InChI=1S/C16H28O7.3Na/c1-2-3-4-5-6-7-8-9-10-12(14(19)20)16(23,15(21)22)11-13(17)18;;;/h12,23H,2-11H2,1H3,(H,17,18)(H,19,20)(H,21,22);;;/q;3*+1/p-3. The van der Waals surface area contributed by atoms with E-state index in [0.29, 0.717) is 12.8 Å². The van der Waals surface area contributed by atoms with E-state index in [1.165, 1.54) is 6.42 Å². The monoisotopic (exact) mass is 398 g/mol. The summed E-state index contributed by atoms with van der Waals surface area (Å²) in [6, 6.07) is 0. The van der Waals surface area contributed by atoms with Gasteiger partial charge in [0.05, 0.1) is 5.97 Å². The van der Waals surface area contributed by atoms with Crippen LogP contribution in [0.25, 0.3) is 0 Å². The van der Waals surface area contributed by atoms with Gasteiger partial charge in [-0.15, -0.1) is 0 Å². The van der Waals surface area contributed by atoms with Crippen LogP contribution in [0.3, 0.4) is 0 Å². The molecule has 10 heteroatoms. The molecule has 7 nitrogen and oxygen atoms in total. The van der Waals surface area contributed by atoms with Crippen LogP contribution in [0.2, 0.25) is 0 Å². The molecule has 0 aliphatic heterocycles. The summed E-state index contributed by atoms with van der Waals surface area (Å²) in [7, 11) is 0. The summed E-state index contributed by atoms with van der Waals surface area (Å²) in [5, 5.41) is 42.5. The van der Waals surface area contributed by atoms with Crippen LogP contribution < -0.4 is 104 Å². The number of hydrogen-bond donors (Lipinski definition) is 1. The number of aliphatic hydroxyl groups is 1. The molecule has 134 valence electrons. The molecular formula is C16H25Na3O7. The number of carbonyl (C=O) groups excluding carboxylic acids is 3. The largest absolute Gasteiger partial charge is 1.00 e. The first kappa shape index (κ1) is 34.8. The summed E-state index contributed by atoms with van der Waals surface area (Å²) >= 11 is 0. The maximum Gasteiger partial charge on any atom is 1.00 e. The van der Waals surface area contributed by atoms with Crippen molar-refractivity contribution in [3.8, 4) is 0 Å². The van der Waals surface area contributed by atoms with Crippen LogP contribution in [0.5, 0.6) is 0 Å². The molecule has 0 bridgehead atoms. The van der Waals surface area contributed by atoms with Crippen LogP contribution in [0.1, 0.15) is 71.1 Å². The van der Waals surface area contributed by atoms with E-state index in [9.17, 15) is 34.8 Å². The van der Waals surface area contributed by atoms with E-state index in [1.54, 1.807) is 0 Å². The predicted octanol–water partition coefficient (Wildman–Crippen LogP) is -10.5. The Morgan fingerprint density at radius 3 is 1.62 bits per heavy atom. The van der Waals surface area contributed by atoms with Crippen LogP contribution >= 0.6 is 0 Å². The zero-order valence-electron chi connectivity index (χ0n) is 16.5. The molecule has 0 aliphatic carbocycles. The van der Waals surface area contributed by atoms with Crippen molar-refractivity contribution < 1.29 is 123 Å². The van der Waals surface area contributed by atoms with Gasteiger partial charge < -0.3 is 34.8 Å². The maximum atomic E-state index is 11.1. The second-order valence-electron chi connectivity index (χ2n) is 5.90.